The highest BCUT2D eigenvalue weighted by molar-refractivity contribution is 5.94. The van der Waals surface area contributed by atoms with Gasteiger partial charge in [0.2, 0.25) is 5.91 Å². The highest BCUT2D eigenvalue weighted by atomic mass is 16.4. The number of anilines is 1. The Labute approximate surface area is 126 Å². The molecule has 1 aromatic carbocycles. The van der Waals surface area contributed by atoms with Crippen molar-refractivity contribution in [3.63, 3.8) is 0 Å². The summed E-state index contributed by atoms with van der Waals surface area (Å²) in [5.74, 6) is -1.04. The van der Waals surface area contributed by atoms with E-state index in [1.807, 2.05) is 38.1 Å². The lowest BCUT2D eigenvalue weighted by molar-refractivity contribution is -0.153. The van der Waals surface area contributed by atoms with Crippen molar-refractivity contribution in [2.45, 2.75) is 47.0 Å². The van der Waals surface area contributed by atoms with Crippen molar-refractivity contribution in [1.29, 1.82) is 0 Å². The summed E-state index contributed by atoms with van der Waals surface area (Å²) in [6.07, 6.45) is -0.0353. The summed E-state index contributed by atoms with van der Waals surface area (Å²) in [4.78, 5) is 23.7. The molecule has 0 saturated heterocycles. The van der Waals surface area contributed by atoms with E-state index in [0.29, 0.717) is 0 Å². The molecule has 0 aromatic heterocycles. The third kappa shape index (κ3) is 4.06. The van der Waals surface area contributed by atoms with Crippen molar-refractivity contribution < 1.29 is 14.7 Å². The van der Waals surface area contributed by atoms with Gasteiger partial charge in [-0.15, -0.1) is 0 Å². The minimum atomic E-state index is -1.06. The van der Waals surface area contributed by atoms with Gasteiger partial charge in [0.1, 0.15) is 0 Å². The minimum absolute atomic E-state index is 0.0353. The van der Waals surface area contributed by atoms with Crippen molar-refractivity contribution in [3.8, 4) is 0 Å². The van der Waals surface area contributed by atoms with Gasteiger partial charge in [0.05, 0.1) is 5.41 Å². The number of benzene rings is 1. The Morgan fingerprint density at radius 3 is 2.24 bits per heavy atom. The van der Waals surface area contributed by atoms with Gasteiger partial charge >= 0.3 is 5.97 Å². The maximum atomic E-state index is 12.2. The zero-order valence-electron chi connectivity index (χ0n) is 13.4. The number of amides is 1. The van der Waals surface area contributed by atoms with Gasteiger partial charge in [-0.2, -0.15) is 0 Å². The number of rotatable bonds is 6. The molecule has 0 aliphatic rings. The minimum Gasteiger partial charge on any atom is -0.481 e. The second-order valence-corrected chi connectivity index (χ2v) is 6.34. The van der Waals surface area contributed by atoms with Gasteiger partial charge < -0.3 is 10.4 Å². The molecule has 116 valence electrons. The Kier molecular flexibility index (Phi) is 5.53. The fourth-order valence-electron chi connectivity index (χ4n) is 2.17. The van der Waals surface area contributed by atoms with E-state index < -0.39 is 11.4 Å². The van der Waals surface area contributed by atoms with Crippen LogP contribution in [0, 0.1) is 11.3 Å². The monoisotopic (exact) mass is 291 g/mol. The molecule has 4 nitrogen and oxygen atoms in total. The molecule has 4 heteroatoms. The number of carbonyl (C=O) groups is 2. The molecule has 0 bridgehead atoms. The number of nitrogens with one attached hydrogen (secondary N) is 1. The Bertz CT molecular complexity index is 523. The number of carbonyl (C=O) groups excluding carboxylic acids is 1. The lowest BCUT2D eigenvalue weighted by Crippen LogP contribution is -2.37. The second kappa shape index (κ2) is 6.74. The van der Waals surface area contributed by atoms with Crippen LogP contribution in [0.5, 0.6) is 0 Å². The van der Waals surface area contributed by atoms with Gasteiger partial charge in [0.15, 0.2) is 0 Å². The average Bonchev–Trinajstić information content (AvgIpc) is 2.38. The van der Waals surface area contributed by atoms with Crippen molar-refractivity contribution in [2.24, 2.45) is 11.3 Å². The molecule has 1 aromatic rings. The molecule has 1 amide bonds. The van der Waals surface area contributed by atoms with Gasteiger partial charge in [-0.25, -0.2) is 0 Å². The van der Waals surface area contributed by atoms with Crippen LogP contribution in [0.3, 0.4) is 0 Å². The second-order valence-electron chi connectivity index (χ2n) is 6.34. The first kappa shape index (κ1) is 17.2. The van der Waals surface area contributed by atoms with Crippen LogP contribution in [-0.2, 0) is 9.59 Å². The molecule has 0 spiro atoms. The maximum absolute atomic E-state index is 12.2. The molecular weight excluding hydrogens is 266 g/mol. The molecule has 0 heterocycles. The molecule has 0 aliphatic carbocycles. The zero-order valence-corrected chi connectivity index (χ0v) is 13.4. The van der Waals surface area contributed by atoms with E-state index in [-0.39, 0.29) is 24.2 Å². The van der Waals surface area contributed by atoms with Gasteiger partial charge in [0.25, 0.3) is 0 Å². The summed E-state index contributed by atoms with van der Waals surface area (Å²) in [6, 6.07) is 7.61. The molecule has 21 heavy (non-hydrogen) atoms. The van der Waals surface area contributed by atoms with E-state index in [2.05, 4.69) is 19.2 Å². The number of carboxylic acid groups (broad SMARTS) is 1. The van der Waals surface area contributed by atoms with E-state index in [4.69, 9.17) is 0 Å². The summed E-state index contributed by atoms with van der Waals surface area (Å²) in [6.45, 7) is 9.38. The van der Waals surface area contributed by atoms with Crippen LogP contribution < -0.4 is 5.32 Å². The van der Waals surface area contributed by atoms with Crippen LogP contribution in [0.25, 0.3) is 0 Å². The number of hydrogen-bond acceptors (Lipinski definition) is 2. The van der Waals surface area contributed by atoms with E-state index in [0.717, 1.165) is 11.3 Å². The van der Waals surface area contributed by atoms with Crippen LogP contribution in [0.15, 0.2) is 24.3 Å². The van der Waals surface area contributed by atoms with Gasteiger partial charge in [-0.05, 0) is 30.4 Å². The van der Waals surface area contributed by atoms with Crippen LogP contribution in [0.2, 0.25) is 0 Å². The topological polar surface area (TPSA) is 66.4 Å². The first-order chi connectivity index (χ1) is 9.68. The zero-order chi connectivity index (χ0) is 16.2. The third-order valence-corrected chi connectivity index (χ3v) is 4.15. The molecule has 0 radical (unpaired) electrons. The summed E-state index contributed by atoms with van der Waals surface area (Å²) in [5.41, 5.74) is 0.748. The van der Waals surface area contributed by atoms with Crippen LogP contribution in [0.1, 0.15) is 52.5 Å². The van der Waals surface area contributed by atoms with Gasteiger partial charge in [-0.1, -0.05) is 45.9 Å². The smallest absolute Gasteiger partial charge is 0.310 e. The highest BCUT2D eigenvalue weighted by Crippen LogP contribution is 2.32. The summed E-state index contributed by atoms with van der Waals surface area (Å²) in [5, 5.41) is 12.2. The van der Waals surface area contributed by atoms with E-state index in [1.54, 1.807) is 6.92 Å². The largest absolute Gasteiger partial charge is 0.481 e. The average molecular weight is 291 g/mol. The van der Waals surface area contributed by atoms with E-state index >= 15 is 0 Å². The number of carboxylic acids is 1. The number of para-hydroxylation sites is 1. The molecular formula is C17H25NO3. The van der Waals surface area contributed by atoms with Crippen molar-refractivity contribution in [3.05, 3.63) is 29.8 Å². The molecule has 2 N–H and O–H groups in total. The quantitative estimate of drug-likeness (QED) is 0.835. The van der Waals surface area contributed by atoms with Crippen LogP contribution in [-0.4, -0.2) is 17.0 Å². The summed E-state index contributed by atoms with van der Waals surface area (Å²) in [7, 11) is 0. The third-order valence-electron chi connectivity index (χ3n) is 4.15. The highest BCUT2D eigenvalue weighted by Gasteiger charge is 2.38. The van der Waals surface area contributed by atoms with E-state index in [1.165, 1.54) is 0 Å². The molecule has 1 rings (SSSR count). The maximum Gasteiger partial charge on any atom is 0.310 e. The van der Waals surface area contributed by atoms with Crippen LogP contribution >= 0.6 is 0 Å². The van der Waals surface area contributed by atoms with E-state index in [9.17, 15) is 14.7 Å². The first-order valence-electron chi connectivity index (χ1n) is 7.30. The Hall–Kier alpha value is -1.84. The fourth-order valence-corrected chi connectivity index (χ4v) is 2.17. The van der Waals surface area contributed by atoms with Crippen molar-refractivity contribution in [2.75, 3.05) is 5.32 Å². The molecule has 1 unspecified atom stereocenters. The number of aliphatic carboxylic acids is 1. The fraction of sp³-hybridized carbons (Fsp3) is 0.529. The SMILES string of the molecule is CC(C)c1ccccc1NC(=O)CC(C)(C(=O)O)C(C)C. The molecule has 0 aliphatic heterocycles. The normalized spacial score (nSPS) is 14.0. The first-order valence-corrected chi connectivity index (χ1v) is 7.30. The predicted molar refractivity (Wildman–Crippen MR) is 84.4 cm³/mol. The number of hydrogen-bond donors (Lipinski definition) is 2. The van der Waals surface area contributed by atoms with Gasteiger partial charge in [0, 0.05) is 12.1 Å². The molecule has 0 fully saturated rings. The van der Waals surface area contributed by atoms with Crippen molar-refractivity contribution in [1.82, 2.24) is 0 Å². The predicted octanol–water partition coefficient (Wildman–Crippen LogP) is 3.89. The summed E-state index contributed by atoms with van der Waals surface area (Å²) < 4.78 is 0. The standard InChI is InChI=1S/C17H25NO3/c1-11(2)13-8-6-7-9-14(13)18-15(19)10-17(5,12(3)4)16(20)21/h6-9,11-12H,10H2,1-5H3,(H,18,19)(H,20,21). The summed E-state index contributed by atoms with van der Waals surface area (Å²) >= 11 is 0. The lowest BCUT2D eigenvalue weighted by atomic mass is 9.76. The lowest BCUT2D eigenvalue weighted by Gasteiger charge is -2.28. The van der Waals surface area contributed by atoms with Gasteiger partial charge in [-0.3, -0.25) is 9.59 Å². The Morgan fingerprint density at radius 2 is 1.76 bits per heavy atom. The van der Waals surface area contributed by atoms with Crippen LogP contribution in [0.4, 0.5) is 5.69 Å². The Morgan fingerprint density at radius 1 is 1.19 bits per heavy atom. The molecule has 0 saturated carbocycles. The Balaban J connectivity index is 2.90. The molecule has 1 atom stereocenters. The van der Waals surface area contributed by atoms with Crippen molar-refractivity contribution >= 4 is 17.6 Å².